The molecule has 88 valence electrons. The summed E-state index contributed by atoms with van der Waals surface area (Å²) in [7, 11) is 0. The van der Waals surface area contributed by atoms with Crippen LogP contribution in [0.1, 0.15) is 31.1 Å². The predicted octanol–water partition coefficient (Wildman–Crippen LogP) is 1.12. The highest BCUT2D eigenvalue weighted by atomic mass is 16.5. The molecule has 1 saturated carbocycles. The molecule has 0 bridgehead atoms. The van der Waals surface area contributed by atoms with Crippen molar-refractivity contribution in [3.8, 4) is 11.6 Å². The zero-order valence-corrected chi connectivity index (χ0v) is 9.28. The Morgan fingerprint density at radius 1 is 1.18 bits per heavy atom. The summed E-state index contributed by atoms with van der Waals surface area (Å²) in [6.45, 7) is 0. The van der Waals surface area contributed by atoms with Gasteiger partial charge < -0.3 is 10.3 Å². The lowest BCUT2D eigenvalue weighted by Crippen LogP contribution is -2.22. The van der Waals surface area contributed by atoms with E-state index >= 15 is 0 Å². The van der Waals surface area contributed by atoms with E-state index in [0.717, 1.165) is 19.3 Å². The molecule has 1 aliphatic rings. The minimum Gasteiger partial charge on any atom is -0.338 e. The first-order chi connectivity index (χ1) is 8.34. The van der Waals surface area contributed by atoms with Gasteiger partial charge in [0.15, 0.2) is 0 Å². The lowest BCUT2D eigenvalue weighted by molar-refractivity contribution is 0.345. The summed E-state index contributed by atoms with van der Waals surface area (Å²) >= 11 is 0. The van der Waals surface area contributed by atoms with Crippen molar-refractivity contribution in [1.29, 1.82) is 0 Å². The van der Waals surface area contributed by atoms with Crippen LogP contribution in [0, 0.1) is 0 Å². The van der Waals surface area contributed by atoms with Gasteiger partial charge in [-0.2, -0.15) is 4.98 Å². The van der Waals surface area contributed by atoms with E-state index in [9.17, 15) is 0 Å². The number of rotatable bonds is 2. The van der Waals surface area contributed by atoms with Gasteiger partial charge >= 0.3 is 0 Å². The van der Waals surface area contributed by atoms with E-state index in [1.165, 1.54) is 0 Å². The molecule has 3 rings (SSSR count). The summed E-state index contributed by atoms with van der Waals surface area (Å²) in [5.74, 6) is 1.70. The maximum atomic E-state index is 6.00. The van der Waals surface area contributed by atoms with Crippen LogP contribution in [0.5, 0.6) is 0 Å². The van der Waals surface area contributed by atoms with Crippen molar-refractivity contribution >= 4 is 0 Å². The second kappa shape index (κ2) is 4.21. The minimum absolute atomic E-state index is 0.125. The molecule has 0 saturated heterocycles. The number of hydrogen-bond acceptors (Lipinski definition) is 6. The zero-order valence-electron chi connectivity index (χ0n) is 9.28. The van der Waals surface area contributed by atoms with Crippen molar-refractivity contribution in [2.24, 2.45) is 5.73 Å². The first-order valence-electron chi connectivity index (χ1n) is 5.71. The van der Waals surface area contributed by atoms with Crippen LogP contribution in [0.25, 0.3) is 11.6 Å². The normalized spacial score (nSPS) is 24.1. The SMILES string of the molecule is NC1CCCC1c1nc(-c2ncccn2)no1. The molecule has 1 aliphatic carbocycles. The molecule has 0 amide bonds. The summed E-state index contributed by atoms with van der Waals surface area (Å²) in [6, 6.07) is 1.87. The van der Waals surface area contributed by atoms with Crippen molar-refractivity contribution in [3.63, 3.8) is 0 Å². The number of hydrogen-bond donors (Lipinski definition) is 1. The monoisotopic (exact) mass is 231 g/mol. The molecular formula is C11H13N5O. The maximum Gasteiger partial charge on any atom is 0.240 e. The third-order valence-electron chi connectivity index (χ3n) is 3.09. The van der Waals surface area contributed by atoms with Gasteiger partial charge in [0.1, 0.15) is 0 Å². The molecule has 2 N–H and O–H groups in total. The van der Waals surface area contributed by atoms with Gasteiger partial charge in [0.05, 0.1) is 5.92 Å². The predicted molar refractivity (Wildman–Crippen MR) is 59.9 cm³/mol. The average molecular weight is 231 g/mol. The van der Waals surface area contributed by atoms with Crippen LogP contribution < -0.4 is 5.73 Å². The van der Waals surface area contributed by atoms with Gasteiger partial charge in [-0.25, -0.2) is 9.97 Å². The Morgan fingerprint density at radius 3 is 2.71 bits per heavy atom. The van der Waals surface area contributed by atoms with E-state index in [1.807, 2.05) is 0 Å². The summed E-state index contributed by atoms with van der Waals surface area (Å²) in [5.41, 5.74) is 6.00. The summed E-state index contributed by atoms with van der Waals surface area (Å²) in [5, 5.41) is 3.90. The molecule has 2 unspecified atom stereocenters. The molecule has 0 spiro atoms. The lowest BCUT2D eigenvalue weighted by Gasteiger charge is -2.08. The first-order valence-corrected chi connectivity index (χ1v) is 5.71. The highest BCUT2D eigenvalue weighted by Crippen LogP contribution is 2.32. The third-order valence-corrected chi connectivity index (χ3v) is 3.09. The number of nitrogens with zero attached hydrogens (tertiary/aromatic N) is 4. The molecule has 6 nitrogen and oxygen atoms in total. The Balaban J connectivity index is 1.88. The van der Waals surface area contributed by atoms with Gasteiger partial charge in [-0.15, -0.1) is 0 Å². The lowest BCUT2D eigenvalue weighted by atomic mass is 10.1. The zero-order chi connectivity index (χ0) is 11.7. The summed E-state index contributed by atoms with van der Waals surface area (Å²) < 4.78 is 5.25. The number of aromatic nitrogens is 4. The minimum atomic E-state index is 0.125. The van der Waals surface area contributed by atoms with Crippen molar-refractivity contribution < 1.29 is 4.52 Å². The van der Waals surface area contributed by atoms with Crippen LogP contribution in [0.3, 0.4) is 0 Å². The van der Waals surface area contributed by atoms with Crippen molar-refractivity contribution in [3.05, 3.63) is 24.4 Å². The molecule has 2 aromatic heterocycles. The van der Waals surface area contributed by atoms with Crippen LogP contribution in [0.15, 0.2) is 23.0 Å². The molecule has 6 heteroatoms. The molecule has 1 fully saturated rings. The number of nitrogens with two attached hydrogens (primary N) is 1. The Bertz CT molecular complexity index is 498. The fraction of sp³-hybridized carbons (Fsp3) is 0.455. The molecule has 2 aromatic rings. The second-order valence-electron chi connectivity index (χ2n) is 4.23. The third kappa shape index (κ3) is 1.91. The fourth-order valence-corrected chi connectivity index (χ4v) is 2.19. The first kappa shape index (κ1) is 10.3. The quantitative estimate of drug-likeness (QED) is 0.832. The molecule has 0 aliphatic heterocycles. The van der Waals surface area contributed by atoms with Gasteiger partial charge in [0.2, 0.25) is 17.5 Å². The van der Waals surface area contributed by atoms with E-state index < -0.39 is 0 Å². The van der Waals surface area contributed by atoms with E-state index in [2.05, 4.69) is 20.1 Å². The van der Waals surface area contributed by atoms with E-state index in [-0.39, 0.29) is 12.0 Å². The Hall–Kier alpha value is -1.82. The van der Waals surface area contributed by atoms with Gasteiger partial charge in [-0.05, 0) is 18.9 Å². The Labute approximate surface area is 98.3 Å². The molecule has 2 atom stereocenters. The highest BCUT2D eigenvalue weighted by molar-refractivity contribution is 5.40. The van der Waals surface area contributed by atoms with Crippen molar-refractivity contribution in [1.82, 2.24) is 20.1 Å². The fourth-order valence-electron chi connectivity index (χ4n) is 2.19. The van der Waals surface area contributed by atoms with E-state index in [1.54, 1.807) is 18.5 Å². The summed E-state index contributed by atoms with van der Waals surface area (Å²) in [4.78, 5) is 12.5. The smallest absolute Gasteiger partial charge is 0.240 e. The van der Waals surface area contributed by atoms with Crippen molar-refractivity contribution in [2.45, 2.75) is 31.2 Å². The highest BCUT2D eigenvalue weighted by Gasteiger charge is 2.30. The average Bonchev–Trinajstić information content (AvgIpc) is 2.98. The standard InChI is InChI=1S/C11H13N5O/c12-8-4-1-3-7(8)11-15-10(16-17-11)9-13-5-2-6-14-9/h2,5-8H,1,3-4,12H2. The molecule has 0 radical (unpaired) electrons. The Kier molecular flexibility index (Phi) is 2.56. The van der Waals surface area contributed by atoms with E-state index in [4.69, 9.17) is 10.3 Å². The van der Waals surface area contributed by atoms with Gasteiger partial charge in [0.25, 0.3) is 0 Å². The van der Waals surface area contributed by atoms with Crippen LogP contribution in [0.4, 0.5) is 0 Å². The van der Waals surface area contributed by atoms with Crippen LogP contribution in [-0.4, -0.2) is 26.2 Å². The van der Waals surface area contributed by atoms with Crippen LogP contribution >= 0.6 is 0 Å². The molecular weight excluding hydrogens is 218 g/mol. The molecule has 17 heavy (non-hydrogen) atoms. The van der Waals surface area contributed by atoms with Crippen molar-refractivity contribution in [2.75, 3.05) is 0 Å². The van der Waals surface area contributed by atoms with E-state index in [0.29, 0.717) is 17.5 Å². The molecule has 0 aromatic carbocycles. The van der Waals surface area contributed by atoms with Crippen LogP contribution in [0.2, 0.25) is 0 Å². The maximum absolute atomic E-state index is 6.00. The largest absolute Gasteiger partial charge is 0.338 e. The Morgan fingerprint density at radius 2 is 2.00 bits per heavy atom. The second-order valence-corrected chi connectivity index (χ2v) is 4.23. The summed E-state index contributed by atoms with van der Waals surface area (Å²) in [6.07, 6.45) is 6.45. The van der Waals surface area contributed by atoms with Gasteiger partial charge in [0, 0.05) is 18.4 Å². The van der Waals surface area contributed by atoms with Gasteiger partial charge in [-0.1, -0.05) is 11.6 Å². The topological polar surface area (TPSA) is 90.7 Å². The van der Waals surface area contributed by atoms with Crippen LogP contribution in [-0.2, 0) is 0 Å². The molecule has 2 heterocycles. The van der Waals surface area contributed by atoms with Gasteiger partial charge in [-0.3, -0.25) is 0 Å².